The molecule has 1 atom stereocenters. The fraction of sp³-hybridized carbons (Fsp3) is 0.429. The first kappa shape index (κ1) is 18.2. The maximum Gasteiger partial charge on any atom is 0.306 e. The third-order valence-electron chi connectivity index (χ3n) is 5.70. The van der Waals surface area contributed by atoms with Crippen LogP contribution in [-0.2, 0) is 16.0 Å². The van der Waals surface area contributed by atoms with E-state index in [0.29, 0.717) is 32.5 Å². The van der Waals surface area contributed by atoms with Gasteiger partial charge in [-0.15, -0.1) is 11.3 Å². The summed E-state index contributed by atoms with van der Waals surface area (Å²) in [6, 6.07) is 12.4. The SMILES string of the molecule is O=C(O)C1CCN(CC(=O)N2CCc3sccc3C2c2ccccc2)CC1. The van der Waals surface area contributed by atoms with Gasteiger partial charge in [0.1, 0.15) is 0 Å². The summed E-state index contributed by atoms with van der Waals surface area (Å²) in [6.07, 6.45) is 2.15. The molecule has 2 aromatic rings. The first-order valence-corrected chi connectivity index (χ1v) is 10.4. The van der Waals surface area contributed by atoms with Crippen molar-refractivity contribution in [2.45, 2.75) is 25.3 Å². The molecule has 0 spiro atoms. The highest BCUT2D eigenvalue weighted by Gasteiger charge is 2.34. The molecule has 0 bridgehead atoms. The first-order chi connectivity index (χ1) is 13.1. The molecule has 4 rings (SSSR count). The molecule has 1 amide bonds. The highest BCUT2D eigenvalue weighted by Crippen LogP contribution is 2.37. The van der Waals surface area contributed by atoms with Gasteiger partial charge in [0.25, 0.3) is 0 Å². The largest absolute Gasteiger partial charge is 0.481 e. The number of carbonyl (C=O) groups excluding carboxylic acids is 1. The highest BCUT2D eigenvalue weighted by molar-refractivity contribution is 7.10. The molecule has 0 saturated carbocycles. The number of nitrogens with zero attached hydrogens (tertiary/aromatic N) is 2. The summed E-state index contributed by atoms with van der Waals surface area (Å²) in [6.45, 7) is 2.46. The van der Waals surface area contributed by atoms with E-state index in [1.807, 2.05) is 23.1 Å². The summed E-state index contributed by atoms with van der Waals surface area (Å²) >= 11 is 1.77. The Morgan fingerprint density at radius 2 is 1.81 bits per heavy atom. The average molecular weight is 385 g/mol. The molecule has 1 unspecified atom stereocenters. The number of aliphatic carboxylic acids is 1. The molecule has 1 N–H and O–H groups in total. The molecule has 1 aromatic carbocycles. The van der Waals surface area contributed by atoms with Crippen molar-refractivity contribution in [2.24, 2.45) is 5.92 Å². The van der Waals surface area contributed by atoms with E-state index in [0.717, 1.165) is 18.5 Å². The van der Waals surface area contributed by atoms with E-state index in [-0.39, 0.29) is 17.9 Å². The average Bonchev–Trinajstić information content (AvgIpc) is 3.17. The minimum absolute atomic E-state index is 0.0229. The van der Waals surface area contributed by atoms with E-state index in [4.69, 9.17) is 5.11 Å². The van der Waals surface area contributed by atoms with Crippen LogP contribution in [0.15, 0.2) is 41.8 Å². The van der Waals surface area contributed by atoms with Crippen LogP contribution in [-0.4, -0.2) is 53.0 Å². The topological polar surface area (TPSA) is 60.9 Å². The van der Waals surface area contributed by atoms with Gasteiger partial charge in [0, 0.05) is 11.4 Å². The number of benzene rings is 1. The molecular weight excluding hydrogens is 360 g/mol. The van der Waals surface area contributed by atoms with Crippen molar-refractivity contribution in [3.8, 4) is 0 Å². The fourth-order valence-corrected chi connectivity index (χ4v) is 5.10. The number of likely N-dealkylation sites (tertiary alicyclic amines) is 1. The van der Waals surface area contributed by atoms with Gasteiger partial charge >= 0.3 is 5.97 Å². The lowest BCUT2D eigenvalue weighted by molar-refractivity contribution is -0.143. The standard InChI is InChI=1S/C21H24N2O3S/c24-19(14-22-10-6-16(7-11-22)21(25)26)23-12-8-18-17(9-13-27-18)20(23)15-4-2-1-3-5-15/h1-5,9,13,16,20H,6-8,10-12,14H2,(H,25,26). The van der Waals surface area contributed by atoms with Crippen LogP contribution >= 0.6 is 11.3 Å². The van der Waals surface area contributed by atoms with Crippen molar-refractivity contribution in [3.63, 3.8) is 0 Å². The molecule has 27 heavy (non-hydrogen) atoms. The lowest BCUT2D eigenvalue weighted by Gasteiger charge is -2.38. The van der Waals surface area contributed by atoms with Crippen LogP contribution in [0.2, 0.25) is 0 Å². The fourth-order valence-electron chi connectivity index (χ4n) is 4.20. The molecular formula is C21H24N2O3S. The number of hydrogen-bond donors (Lipinski definition) is 1. The van der Waals surface area contributed by atoms with E-state index in [1.54, 1.807) is 11.3 Å². The van der Waals surface area contributed by atoms with Crippen molar-refractivity contribution in [1.82, 2.24) is 9.80 Å². The molecule has 0 radical (unpaired) electrons. The number of carbonyl (C=O) groups is 2. The maximum absolute atomic E-state index is 13.2. The monoisotopic (exact) mass is 384 g/mol. The third-order valence-corrected chi connectivity index (χ3v) is 6.69. The van der Waals surface area contributed by atoms with Crippen molar-refractivity contribution in [1.29, 1.82) is 0 Å². The summed E-state index contributed by atoms with van der Waals surface area (Å²) < 4.78 is 0. The lowest BCUT2D eigenvalue weighted by atomic mass is 9.93. The Hall–Kier alpha value is -2.18. The van der Waals surface area contributed by atoms with E-state index in [1.165, 1.54) is 10.4 Å². The molecule has 142 valence electrons. The number of carboxylic acid groups (broad SMARTS) is 1. The summed E-state index contributed by atoms with van der Waals surface area (Å²) in [5, 5.41) is 11.3. The van der Waals surface area contributed by atoms with Crippen LogP contribution in [0, 0.1) is 5.92 Å². The molecule has 1 fully saturated rings. The van der Waals surface area contributed by atoms with Crippen LogP contribution in [0.4, 0.5) is 0 Å². The smallest absolute Gasteiger partial charge is 0.306 e. The molecule has 3 heterocycles. The summed E-state index contributed by atoms with van der Waals surface area (Å²) in [5.41, 5.74) is 2.39. The van der Waals surface area contributed by atoms with Crippen LogP contribution < -0.4 is 0 Å². The summed E-state index contributed by atoms with van der Waals surface area (Å²) in [7, 11) is 0. The van der Waals surface area contributed by atoms with Crippen molar-refractivity contribution < 1.29 is 14.7 Å². The van der Waals surface area contributed by atoms with Gasteiger partial charge in [0.05, 0.1) is 18.5 Å². The van der Waals surface area contributed by atoms with Crippen LogP contribution in [0.25, 0.3) is 0 Å². The third kappa shape index (κ3) is 3.77. The Balaban J connectivity index is 1.50. The quantitative estimate of drug-likeness (QED) is 0.880. The second-order valence-corrected chi connectivity index (χ2v) is 8.34. The van der Waals surface area contributed by atoms with E-state index in [2.05, 4.69) is 28.5 Å². The van der Waals surface area contributed by atoms with Crippen LogP contribution in [0.5, 0.6) is 0 Å². The van der Waals surface area contributed by atoms with Crippen molar-refractivity contribution in [2.75, 3.05) is 26.2 Å². The molecule has 2 aliphatic rings. The minimum Gasteiger partial charge on any atom is -0.481 e. The van der Waals surface area contributed by atoms with Crippen molar-refractivity contribution >= 4 is 23.2 Å². The first-order valence-electron chi connectivity index (χ1n) is 9.49. The maximum atomic E-state index is 13.2. The van der Waals surface area contributed by atoms with Gasteiger partial charge in [0.15, 0.2) is 0 Å². The summed E-state index contributed by atoms with van der Waals surface area (Å²) in [4.78, 5) is 29.8. The number of piperidine rings is 1. The van der Waals surface area contributed by atoms with Gasteiger partial charge < -0.3 is 10.0 Å². The van der Waals surface area contributed by atoms with Gasteiger partial charge in [-0.3, -0.25) is 14.5 Å². The van der Waals surface area contributed by atoms with Crippen molar-refractivity contribution in [3.05, 3.63) is 57.8 Å². The van der Waals surface area contributed by atoms with Gasteiger partial charge in [-0.2, -0.15) is 0 Å². The number of thiophene rings is 1. The lowest BCUT2D eigenvalue weighted by Crippen LogP contribution is -2.47. The zero-order chi connectivity index (χ0) is 18.8. The van der Waals surface area contributed by atoms with Gasteiger partial charge in [-0.1, -0.05) is 30.3 Å². The van der Waals surface area contributed by atoms with Gasteiger partial charge in [-0.05, 0) is 54.9 Å². The second kappa shape index (κ2) is 7.82. The van der Waals surface area contributed by atoms with Gasteiger partial charge in [-0.25, -0.2) is 0 Å². The molecule has 1 saturated heterocycles. The second-order valence-electron chi connectivity index (χ2n) is 7.34. The Bertz CT molecular complexity index is 812. The predicted molar refractivity (Wildman–Crippen MR) is 105 cm³/mol. The highest BCUT2D eigenvalue weighted by atomic mass is 32.1. The number of rotatable bonds is 4. The number of fused-ring (bicyclic) bond motifs is 1. The Labute approximate surface area is 163 Å². The zero-order valence-electron chi connectivity index (χ0n) is 15.2. The molecule has 1 aromatic heterocycles. The van der Waals surface area contributed by atoms with Crippen LogP contribution in [0.1, 0.15) is 34.9 Å². The Morgan fingerprint density at radius 1 is 1.07 bits per heavy atom. The minimum atomic E-state index is -0.717. The summed E-state index contributed by atoms with van der Waals surface area (Å²) in [5.74, 6) is -0.850. The Kier molecular flexibility index (Phi) is 5.27. The predicted octanol–water partition coefficient (Wildman–Crippen LogP) is 3.02. The molecule has 0 aliphatic carbocycles. The molecule has 2 aliphatic heterocycles. The number of hydrogen-bond acceptors (Lipinski definition) is 4. The normalized spacial score (nSPS) is 21.0. The van der Waals surface area contributed by atoms with Crippen LogP contribution in [0.3, 0.4) is 0 Å². The zero-order valence-corrected chi connectivity index (χ0v) is 16.0. The number of amides is 1. The molecule has 5 nitrogen and oxygen atoms in total. The van der Waals surface area contributed by atoms with E-state index >= 15 is 0 Å². The van der Waals surface area contributed by atoms with Gasteiger partial charge in [0.2, 0.25) is 5.91 Å². The Morgan fingerprint density at radius 3 is 2.52 bits per heavy atom. The van der Waals surface area contributed by atoms with E-state index < -0.39 is 5.97 Å². The van der Waals surface area contributed by atoms with E-state index in [9.17, 15) is 9.59 Å². The number of carboxylic acids is 1. The molecule has 6 heteroatoms.